The van der Waals surface area contributed by atoms with E-state index in [1.807, 2.05) is 32.8 Å². The van der Waals surface area contributed by atoms with Gasteiger partial charge < -0.3 is 14.5 Å². The molecule has 1 rings (SSSR count). The van der Waals surface area contributed by atoms with Crippen molar-refractivity contribution in [2.24, 2.45) is 0 Å². The van der Waals surface area contributed by atoms with Crippen molar-refractivity contribution in [1.82, 2.24) is 15.1 Å². The second kappa shape index (κ2) is 6.93. The van der Waals surface area contributed by atoms with Gasteiger partial charge in [0.25, 0.3) is 0 Å². The van der Waals surface area contributed by atoms with Crippen LogP contribution in [0.2, 0.25) is 0 Å². The Morgan fingerprint density at radius 3 is 2.65 bits per heavy atom. The van der Waals surface area contributed by atoms with E-state index in [4.69, 9.17) is 4.74 Å². The lowest BCUT2D eigenvalue weighted by Crippen LogP contribution is -2.37. The van der Waals surface area contributed by atoms with Gasteiger partial charge in [-0.25, -0.2) is 0 Å². The molecule has 2 unspecified atom stereocenters. The van der Waals surface area contributed by atoms with Crippen LogP contribution in [0.5, 0.6) is 0 Å². The highest BCUT2D eigenvalue weighted by Gasteiger charge is 2.34. The summed E-state index contributed by atoms with van der Waals surface area (Å²) < 4.78 is 5.51. The van der Waals surface area contributed by atoms with Crippen LogP contribution in [0.15, 0.2) is 0 Å². The molecular weight excluding hydrogens is 218 g/mol. The maximum Gasteiger partial charge on any atom is 0.241 e. The number of hydrogen-bond donors (Lipinski definition) is 1. The Bertz CT molecular complexity index is 246. The number of rotatable bonds is 7. The predicted octanol–water partition coefficient (Wildman–Crippen LogP) is 0.121. The van der Waals surface area contributed by atoms with Crippen molar-refractivity contribution >= 4 is 5.91 Å². The number of carbonyl (C=O) groups excluding carboxylic acids is 1. The first-order valence-electron chi connectivity index (χ1n) is 6.35. The van der Waals surface area contributed by atoms with Crippen molar-refractivity contribution < 1.29 is 9.53 Å². The van der Waals surface area contributed by atoms with Gasteiger partial charge in [-0.2, -0.15) is 0 Å². The van der Waals surface area contributed by atoms with Gasteiger partial charge >= 0.3 is 0 Å². The molecule has 0 bridgehead atoms. The van der Waals surface area contributed by atoms with Crippen LogP contribution in [0.25, 0.3) is 0 Å². The maximum atomic E-state index is 11.9. The van der Waals surface area contributed by atoms with Gasteiger partial charge in [-0.1, -0.05) is 6.92 Å². The Kier molecular flexibility index (Phi) is 5.88. The quantitative estimate of drug-likeness (QED) is 0.645. The monoisotopic (exact) mass is 243 g/mol. The lowest BCUT2D eigenvalue weighted by atomic mass is 10.2. The first-order valence-corrected chi connectivity index (χ1v) is 6.35. The van der Waals surface area contributed by atoms with E-state index < -0.39 is 0 Å². The van der Waals surface area contributed by atoms with Crippen molar-refractivity contribution in [2.45, 2.75) is 32.5 Å². The van der Waals surface area contributed by atoms with Crippen LogP contribution in [-0.2, 0) is 9.53 Å². The van der Waals surface area contributed by atoms with Gasteiger partial charge in [0.15, 0.2) is 0 Å². The van der Waals surface area contributed by atoms with Crippen molar-refractivity contribution in [3.05, 3.63) is 0 Å². The number of amides is 1. The minimum Gasteiger partial charge on any atom is -0.378 e. The lowest BCUT2D eigenvalue weighted by Gasteiger charge is -2.20. The van der Waals surface area contributed by atoms with Crippen LogP contribution < -0.4 is 5.32 Å². The smallest absolute Gasteiger partial charge is 0.241 e. The summed E-state index contributed by atoms with van der Waals surface area (Å²) >= 11 is 0. The van der Waals surface area contributed by atoms with Crippen molar-refractivity contribution in [2.75, 3.05) is 40.4 Å². The lowest BCUT2D eigenvalue weighted by molar-refractivity contribution is -0.130. The molecule has 1 aliphatic rings. The number of hydrogen-bond acceptors (Lipinski definition) is 4. The number of likely N-dealkylation sites (N-methyl/N-ethyl adjacent to an activating group) is 1. The van der Waals surface area contributed by atoms with E-state index >= 15 is 0 Å². The molecule has 2 atom stereocenters. The second-order valence-corrected chi connectivity index (χ2v) is 4.75. The second-order valence-electron chi connectivity index (χ2n) is 4.75. The third-order valence-corrected chi connectivity index (χ3v) is 3.06. The van der Waals surface area contributed by atoms with Crippen molar-refractivity contribution in [1.29, 1.82) is 0 Å². The highest BCUT2D eigenvalue weighted by Crippen LogP contribution is 2.12. The average molecular weight is 243 g/mol. The van der Waals surface area contributed by atoms with Crippen LogP contribution >= 0.6 is 0 Å². The summed E-state index contributed by atoms with van der Waals surface area (Å²) in [7, 11) is 4.04. The fourth-order valence-electron chi connectivity index (χ4n) is 1.95. The van der Waals surface area contributed by atoms with Crippen LogP contribution in [0, 0.1) is 0 Å². The van der Waals surface area contributed by atoms with E-state index in [-0.39, 0.29) is 18.1 Å². The molecule has 0 aliphatic carbocycles. The van der Waals surface area contributed by atoms with E-state index in [2.05, 4.69) is 10.2 Å². The highest BCUT2D eigenvalue weighted by molar-refractivity contribution is 5.84. The molecule has 0 aromatic heterocycles. The summed E-state index contributed by atoms with van der Waals surface area (Å²) in [5, 5.41) is 3.28. The van der Waals surface area contributed by atoms with Crippen LogP contribution in [-0.4, -0.2) is 68.3 Å². The number of nitrogens with one attached hydrogen (secondary N) is 1. The average Bonchev–Trinajstić information content (AvgIpc) is 2.54. The summed E-state index contributed by atoms with van der Waals surface area (Å²) in [6.07, 6.45) is 0.978. The van der Waals surface area contributed by atoms with Gasteiger partial charge in [-0.05, 0) is 27.4 Å². The normalized spacial score (nSPS) is 25.0. The molecule has 1 N–H and O–H groups in total. The Labute approximate surface area is 104 Å². The molecule has 0 saturated carbocycles. The van der Waals surface area contributed by atoms with Gasteiger partial charge in [-0.15, -0.1) is 0 Å². The zero-order valence-electron chi connectivity index (χ0n) is 11.4. The Morgan fingerprint density at radius 1 is 1.41 bits per heavy atom. The Morgan fingerprint density at radius 2 is 2.12 bits per heavy atom. The van der Waals surface area contributed by atoms with E-state index in [9.17, 15) is 4.79 Å². The minimum atomic E-state index is -0.00762. The molecule has 1 saturated heterocycles. The molecule has 1 fully saturated rings. The molecule has 1 heterocycles. The summed E-state index contributed by atoms with van der Waals surface area (Å²) in [5.74, 6) is 0.205. The van der Waals surface area contributed by atoms with Gasteiger partial charge in [0.1, 0.15) is 0 Å². The zero-order chi connectivity index (χ0) is 12.8. The molecule has 0 aromatic rings. The first-order chi connectivity index (χ1) is 8.06. The van der Waals surface area contributed by atoms with Gasteiger partial charge in [0, 0.05) is 13.1 Å². The van der Waals surface area contributed by atoms with Crippen molar-refractivity contribution in [3.63, 3.8) is 0 Å². The number of ether oxygens (including phenoxy) is 1. The molecule has 17 heavy (non-hydrogen) atoms. The van der Waals surface area contributed by atoms with Crippen molar-refractivity contribution in [3.8, 4) is 0 Å². The molecule has 5 nitrogen and oxygen atoms in total. The van der Waals surface area contributed by atoms with Crippen LogP contribution in [0.3, 0.4) is 0 Å². The summed E-state index contributed by atoms with van der Waals surface area (Å²) in [4.78, 5) is 15.9. The zero-order valence-corrected chi connectivity index (χ0v) is 11.4. The fourth-order valence-corrected chi connectivity index (χ4v) is 1.95. The largest absolute Gasteiger partial charge is 0.378 e. The van der Waals surface area contributed by atoms with Crippen LogP contribution in [0.4, 0.5) is 0 Å². The molecule has 0 aromatic carbocycles. The molecule has 100 valence electrons. The number of carbonyl (C=O) groups is 1. The highest BCUT2D eigenvalue weighted by atomic mass is 16.5. The van der Waals surface area contributed by atoms with E-state index in [1.54, 1.807) is 0 Å². The standard InChI is InChI=1S/C12H25N3O2/c1-5-11-12(16)15(10(2)13-11)7-9-17-8-6-14(3)4/h10-11,13H,5-9H2,1-4H3. The predicted molar refractivity (Wildman–Crippen MR) is 67.8 cm³/mol. The van der Waals surface area contributed by atoms with E-state index in [1.165, 1.54) is 0 Å². The Hall–Kier alpha value is -0.650. The topological polar surface area (TPSA) is 44.8 Å². The molecule has 1 amide bonds. The SMILES string of the molecule is CCC1NC(C)N(CCOCCN(C)C)C1=O. The first kappa shape index (κ1) is 14.4. The van der Waals surface area contributed by atoms with Gasteiger partial charge in [0.05, 0.1) is 25.4 Å². The van der Waals surface area contributed by atoms with Gasteiger partial charge in [0.2, 0.25) is 5.91 Å². The summed E-state index contributed by atoms with van der Waals surface area (Å²) in [6, 6.07) is -0.00762. The summed E-state index contributed by atoms with van der Waals surface area (Å²) in [6.45, 7) is 6.97. The van der Waals surface area contributed by atoms with Gasteiger partial charge in [-0.3, -0.25) is 10.1 Å². The summed E-state index contributed by atoms with van der Waals surface area (Å²) in [5.41, 5.74) is 0. The number of nitrogens with zero attached hydrogens (tertiary/aromatic N) is 2. The third kappa shape index (κ3) is 4.26. The van der Waals surface area contributed by atoms with Crippen LogP contribution in [0.1, 0.15) is 20.3 Å². The molecule has 5 heteroatoms. The molecule has 0 spiro atoms. The molecule has 0 radical (unpaired) electrons. The molecule has 1 aliphatic heterocycles. The minimum absolute atomic E-state index is 0.00762. The van der Waals surface area contributed by atoms with E-state index in [0.717, 1.165) is 13.0 Å². The van der Waals surface area contributed by atoms with E-state index in [0.29, 0.717) is 19.8 Å². The maximum absolute atomic E-state index is 11.9. The third-order valence-electron chi connectivity index (χ3n) is 3.06. The fraction of sp³-hybridized carbons (Fsp3) is 0.917. The molecular formula is C12H25N3O2. The Balaban J connectivity index is 2.20.